The minimum Gasteiger partial charge on any atom is -0.488 e. The van der Waals surface area contributed by atoms with Crippen LogP contribution in [0.1, 0.15) is 44.7 Å². The topological polar surface area (TPSA) is 72.6 Å². The number of hydrogen-bond donors (Lipinski definition) is 1. The van der Waals surface area contributed by atoms with Gasteiger partial charge in [0.15, 0.2) is 0 Å². The molecular weight excluding hydrogens is 456 g/mol. The standard InChI is InChI=1S/C25H23BrN2O3/c26-20-8-4-5-17(14-20)15-28(21-11-12-21)25(30)19-7-3-6-18(13-19)16-31-23-10-2-1-9-22(23)24(27)29/h1-10,13-14,21H,11-12,15-16H2,(H2,27,29). The van der Waals surface area contributed by atoms with E-state index in [2.05, 4.69) is 15.9 Å². The molecule has 0 heterocycles. The molecule has 0 atom stereocenters. The molecule has 0 saturated heterocycles. The van der Waals surface area contributed by atoms with Gasteiger partial charge in [-0.15, -0.1) is 0 Å². The van der Waals surface area contributed by atoms with Crippen LogP contribution >= 0.6 is 15.9 Å². The van der Waals surface area contributed by atoms with E-state index < -0.39 is 5.91 Å². The molecule has 3 aromatic rings. The van der Waals surface area contributed by atoms with Crippen LogP contribution in [0.4, 0.5) is 0 Å². The molecule has 158 valence electrons. The number of primary amides is 1. The van der Waals surface area contributed by atoms with Gasteiger partial charge in [-0.05, 0) is 60.4 Å². The van der Waals surface area contributed by atoms with Crippen LogP contribution in [0.25, 0.3) is 0 Å². The van der Waals surface area contributed by atoms with E-state index in [1.54, 1.807) is 24.3 Å². The number of benzene rings is 3. The molecule has 3 aromatic carbocycles. The Morgan fingerprint density at radius 2 is 1.71 bits per heavy atom. The van der Waals surface area contributed by atoms with Crippen molar-refractivity contribution in [3.05, 3.63) is 99.5 Å². The zero-order valence-electron chi connectivity index (χ0n) is 17.0. The third kappa shape index (κ3) is 5.33. The van der Waals surface area contributed by atoms with E-state index in [4.69, 9.17) is 10.5 Å². The highest BCUT2D eigenvalue weighted by molar-refractivity contribution is 9.10. The first-order valence-corrected chi connectivity index (χ1v) is 11.0. The Bertz CT molecular complexity index is 1110. The van der Waals surface area contributed by atoms with Gasteiger partial charge in [0.25, 0.3) is 11.8 Å². The number of carbonyl (C=O) groups excluding carboxylic acids is 2. The van der Waals surface area contributed by atoms with Gasteiger partial charge in [0, 0.05) is 22.6 Å². The zero-order chi connectivity index (χ0) is 21.8. The molecule has 4 rings (SSSR count). The maximum absolute atomic E-state index is 13.3. The Kier molecular flexibility index (Phi) is 6.37. The number of nitrogens with two attached hydrogens (primary N) is 1. The van der Waals surface area contributed by atoms with Crippen molar-refractivity contribution < 1.29 is 14.3 Å². The van der Waals surface area contributed by atoms with Crippen LogP contribution < -0.4 is 10.5 Å². The number of nitrogens with zero attached hydrogens (tertiary/aromatic N) is 1. The molecule has 0 radical (unpaired) electrons. The SMILES string of the molecule is NC(=O)c1ccccc1OCc1cccc(C(=O)N(Cc2cccc(Br)c2)C2CC2)c1. The lowest BCUT2D eigenvalue weighted by atomic mass is 10.1. The van der Waals surface area contributed by atoms with Gasteiger partial charge >= 0.3 is 0 Å². The van der Waals surface area contributed by atoms with Crippen LogP contribution in [0.2, 0.25) is 0 Å². The molecule has 6 heteroatoms. The fourth-order valence-electron chi connectivity index (χ4n) is 3.50. The van der Waals surface area contributed by atoms with Crippen LogP contribution in [0.3, 0.4) is 0 Å². The van der Waals surface area contributed by atoms with Crippen LogP contribution in [0, 0.1) is 0 Å². The third-order valence-corrected chi connectivity index (χ3v) is 5.70. The summed E-state index contributed by atoms with van der Waals surface area (Å²) in [6, 6.07) is 22.6. The van der Waals surface area contributed by atoms with Gasteiger partial charge in [-0.2, -0.15) is 0 Å². The second-order valence-corrected chi connectivity index (χ2v) is 8.56. The minimum atomic E-state index is -0.535. The molecule has 2 amide bonds. The summed E-state index contributed by atoms with van der Waals surface area (Å²) in [5, 5.41) is 0. The van der Waals surface area contributed by atoms with Gasteiger partial charge < -0.3 is 15.4 Å². The normalized spacial score (nSPS) is 12.9. The number of hydrogen-bond acceptors (Lipinski definition) is 3. The second-order valence-electron chi connectivity index (χ2n) is 7.64. The lowest BCUT2D eigenvalue weighted by Crippen LogP contribution is -2.32. The maximum Gasteiger partial charge on any atom is 0.254 e. The quantitative estimate of drug-likeness (QED) is 0.498. The highest BCUT2D eigenvalue weighted by atomic mass is 79.9. The molecule has 0 spiro atoms. The van der Waals surface area contributed by atoms with Gasteiger partial charge in [0.1, 0.15) is 12.4 Å². The molecule has 1 aliphatic carbocycles. The van der Waals surface area contributed by atoms with Crippen molar-refractivity contribution >= 4 is 27.7 Å². The van der Waals surface area contributed by atoms with Crippen molar-refractivity contribution in [2.75, 3.05) is 0 Å². The molecule has 1 saturated carbocycles. The molecule has 0 aromatic heterocycles. The Labute approximate surface area is 189 Å². The third-order valence-electron chi connectivity index (χ3n) is 5.21. The number of halogens is 1. The summed E-state index contributed by atoms with van der Waals surface area (Å²) in [6.45, 7) is 0.816. The predicted octanol–water partition coefficient (Wildman–Crippen LogP) is 4.93. The Morgan fingerprint density at radius 3 is 2.45 bits per heavy atom. The molecule has 2 N–H and O–H groups in total. The minimum absolute atomic E-state index is 0.0156. The van der Waals surface area contributed by atoms with Gasteiger partial charge in [0.2, 0.25) is 0 Å². The van der Waals surface area contributed by atoms with Gasteiger partial charge in [-0.1, -0.05) is 52.3 Å². The summed E-state index contributed by atoms with van der Waals surface area (Å²) in [5.74, 6) is -0.0880. The monoisotopic (exact) mass is 478 g/mol. The van der Waals surface area contributed by atoms with Crippen LogP contribution in [-0.4, -0.2) is 22.8 Å². The molecular formula is C25H23BrN2O3. The van der Waals surface area contributed by atoms with Gasteiger partial charge in [0.05, 0.1) is 5.56 Å². The van der Waals surface area contributed by atoms with E-state index in [0.29, 0.717) is 23.4 Å². The first kappa shape index (κ1) is 21.1. The van der Waals surface area contributed by atoms with E-state index in [-0.39, 0.29) is 18.6 Å². The van der Waals surface area contributed by atoms with Crippen molar-refractivity contribution in [1.29, 1.82) is 0 Å². The molecule has 0 unspecified atom stereocenters. The van der Waals surface area contributed by atoms with Gasteiger partial charge in [-0.3, -0.25) is 9.59 Å². The Balaban J connectivity index is 1.49. The van der Waals surface area contributed by atoms with E-state index in [0.717, 1.165) is 28.4 Å². The summed E-state index contributed by atoms with van der Waals surface area (Å²) < 4.78 is 6.82. The summed E-state index contributed by atoms with van der Waals surface area (Å²) in [5.41, 5.74) is 8.33. The summed E-state index contributed by atoms with van der Waals surface area (Å²) in [7, 11) is 0. The van der Waals surface area contributed by atoms with Crippen LogP contribution in [0.15, 0.2) is 77.3 Å². The van der Waals surface area contributed by atoms with E-state index in [1.165, 1.54) is 0 Å². The summed E-state index contributed by atoms with van der Waals surface area (Å²) in [6.07, 6.45) is 2.07. The first-order chi connectivity index (χ1) is 15.0. The zero-order valence-corrected chi connectivity index (χ0v) is 18.5. The lowest BCUT2D eigenvalue weighted by Gasteiger charge is -2.23. The number of para-hydroxylation sites is 1. The van der Waals surface area contributed by atoms with Crippen molar-refractivity contribution in [3.63, 3.8) is 0 Å². The number of carbonyl (C=O) groups is 2. The Hall–Kier alpha value is -3.12. The van der Waals surface area contributed by atoms with Crippen molar-refractivity contribution in [1.82, 2.24) is 4.90 Å². The molecule has 1 aliphatic rings. The van der Waals surface area contributed by atoms with E-state index in [1.807, 2.05) is 53.4 Å². The number of ether oxygens (including phenoxy) is 1. The van der Waals surface area contributed by atoms with Crippen LogP contribution in [0.5, 0.6) is 5.75 Å². The Morgan fingerprint density at radius 1 is 0.968 bits per heavy atom. The fourth-order valence-corrected chi connectivity index (χ4v) is 3.95. The average molecular weight is 479 g/mol. The second kappa shape index (κ2) is 9.35. The maximum atomic E-state index is 13.3. The van der Waals surface area contributed by atoms with E-state index >= 15 is 0 Å². The highest BCUT2D eigenvalue weighted by Gasteiger charge is 2.33. The number of amides is 2. The molecule has 1 fully saturated rings. The van der Waals surface area contributed by atoms with Crippen molar-refractivity contribution in [2.24, 2.45) is 5.73 Å². The fraction of sp³-hybridized carbons (Fsp3) is 0.200. The molecule has 31 heavy (non-hydrogen) atoms. The highest BCUT2D eigenvalue weighted by Crippen LogP contribution is 2.30. The number of rotatable bonds is 8. The largest absolute Gasteiger partial charge is 0.488 e. The summed E-state index contributed by atoms with van der Waals surface area (Å²) in [4.78, 5) is 26.8. The van der Waals surface area contributed by atoms with Crippen molar-refractivity contribution in [3.8, 4) is 5.75 Å². The molecule has 0 bridgehead atoms. The molecule has 0 aliphatic heterocycles. The average Bonchev–Trinajstić information content (AvgIpc) is 3.61. The van der Waals surface area contributed by atoms with E-state index in [9.17, 15) is 9.59 Å². The lowest BCUT2D eigenvalue weighted by molar-refractivity contribution is 0.0729. The summed E-state index contributed by atoms with van der Waals surface area (Å²) >= 11 is 3.50. The smallest absolute Gasteiger partial charge is 0.254 e. The first-order valence-electron chi connectivity index (χ1n) is 10.2. The van der Waals surface area contributed by atoms with Gasteiger partial charge in [-0.25, -0.2) is 0 Å². The van der Waals surface area contributed by atoms with Crippen LogP contribution in [-0.2, 0) is 13.2 Å². The van der Waals surface area contributed by atoms with Crippen molar-refractivity contribution in [2.45, 2.75) is 32.0 Å². The molecule has 5 nitrogen and oxygen atoms in total. The predicted molar refractivity (Wildman–Crippen MR) is 123 cm³/mol.